The van der Waals surface area contributed by atoms with E-state index in [4.69, 9.17) is 11.6 Å². The fourth-order valence-electron chi connectivity index (χ4n) is 3.39. The average molecular weight is 335 g/mol. The van der Waals surface area contributed by atoms with Crippen LogP contribution in [-0.2, 0) is 4.75 Å². The maximum absolute atomic E-state index is 6.57. The molecule has 2 aliphatic rings. The molecule has 4 nitrogen and oxygen atoms in total. The lowest BCUT2D eigenvalue weighted by Crippen LogP contribution is -2.31. The lowest BCUT2D eigenvalue weighted by molar-refractivity contribution is 0.574. The monoisotopic (exact) mass is 334 g/mol. The number of rotatable bonds is 2. The molecule has 1 N–H and O–H groups in total. The molecule has 2 unspecified atom stereocenters. The van der Waals surface area contributed by atoms with Gasteiger partial charge in [0.05, 0.1) is 15.5 Å². The molecule has 2 aromatic heterocycles. The van der Waals surface area contributed by atoms with Crippen LogP contribution in [0.3, 0.4) is 0 Å². The average Bonchev–Trinajstić information content (AvgIpc) is 3.13. The number of fused-ring (bicyclic) bond motifs is 1. The van der Waals surface area contributed by atoms with E-state index in [9.17, 15) is 0 Å². The standard InChI is InChI=1S/C16H19ClN4S/c1-16(12(17)5-8-22-16)11-9-18-14-13(11)15(20-10-19-14)21-6-3-2-4-7-21/h5,8-10,12H,2-4,6-7H2,1H3,(H,18,19,20). The van der Waals surface area contributed by atoms with Gasteiger partial charge in [0.2, 0.25) is 0 Å². The Morgan fingerprint density at radius 1 is 1.32 bits per heavy atom. The van der Waals surface area contributed by atoms with Crippen molar-refractivity contribution in [1.82, 2.24) is 15.0 Å². The van der Waals surface area contributed by atoms with Crippen LogP contribution in [0.5, 0.6) is 0 Å². The summed E-state index contributed by atoms with van der Waals surface area (Å²) in [5.41, 5.74) is 2.11. The van der Waals surface area contributed by atoms with Gasteiger partial charge < -0.3 is 9.88 Å². The van der Waals surface area contributed by atoms with E-state index in [1.807, 2.05) is 0 Å². The normalized spacial score (nSPS) is 28.6. The molecule has 116 valence electrons. The van der Waals surface area contributed by atoms with Crippen LogP contribution in [0, 0.1) is 0 Å². The van der Waals surface area contributed by atoms with Crippen LogP contribution in [0.4, 0.5) is 5.82 Å². The van der Waals surface area contributed by atoms with Crippen LogP contribution in [-0.4, -0.2) is 33.4 Å². The van der Waals surface area contributed by atoms with E-state index in [0.717, 1.165) is 29.9 Å². The van der Waals surface area contributed by atoms with Crippen molar-refractivity contribution >= 4 is 40.2 Å². The second kappa shape index (κ2) is 5.46. The molecular weight excluding hydrogens is 316 g/mol. The molecule has 4 rings (SSSR count). The quantitative estimate of drug-likeness (QED) is 0.842. The largest absolute Gasteiger partial charge is 0.356 e. The van der Waals surface area contributed by atoms with Crippen molar-refractivity contribution in [3.05, 3.63) is 29.6 Å². The van der Waals surface area contributed by atoms with Gasteiger partial charge in [0.1, 0.15) is 17.8 Å². The van der Waals surface area contributed by atoms with Crippen LogP contribution in [0.25, 0.3) is 11.0 Å². The number of thioether (sulfide) groups is 1. The minimum Gasteiger partial charge on any atom is -0.356 e. The van der Waals surface area contributed by atoms with Crippen molar-refractivity contribution in [1.29, 1.82) is 0 Å². The highest BCUT2D eigenvalue weighted by Gasteiger charge is 2.40. The molecule has 2 aromatic rings. The van der Waals surface area contributed by atoms with E-state index < -0.39 is 0 Å². The Morgan fingerprint density at radius 2 is 2.14 bits per heavy atom. The number of allylic oxidation sites excluding steroid dienone is 1. The molecule has 0 spiro atoms. The van der Waals surface area contributed by atoms with E-state index >= 15 is 0 Å². The van der Waals surface area contributed by atoms with E-state index in [1.165, 1.54) is 24.8 Å². The highest BCUT2D eigenvalue weighted by molar-refractivity contribution is 8.03. The van der Waals surface area contributed by atoms with Gasteiger partial charge in [0.15, 0.2) is 0 Å². The number of hydrogen-bond donors (Lipinski definition) is 1. The van der Waals surface area contributed by atoms with E-state index in [-0.39, 0.29) is 10.1 Å². The van der Waals surface area contributed by atoms with Crippen LogP contribution in [0.15, 0.2) is 24.0 Å². The van der Waals surface area contributed by atoms with Crippen molar-refractivity contribution in [3.8, 4) is 0 Å². The van der Waals surface area contributed by atoms with Crippen LogP contribution < -0.4 is 4.90 Å². The lowest BCUT2D eigenvalue weighted by Gasteiger charge is -2.30. The molecule has 1 saturated heterocycles. The van der Waals surface area contributed by atoms with Crippen molar-refractivity contribution in [2.24, 2.45) is 0 Å². The third kappa shape index (κ3) is 2.14. The summed E-state index contributed by atoms with van der Waals surface area (Å²) in [7, 11) is 0. The number of aromatic amines is 1. The summed E-state index contributed by atoms with van der Waals surface area (Å²) in [4.78, 5) is 14.7. The van der Waals surface area contributed by atoms with Crippen molar-refractivity contribution in [2.45, 2.75) is 36.3 Å². The second-order valence-electron chi connectivity index (χ2n) is 6.13. The van der Waals surface area contributed by atoms with Gasteiger partial charge in [-0.15, -0.1) is 23.4 Å². The Bertz CT molecular complexity index is 722. The van der Waals surface area contributed by atoms with Gasteiger partial charge in [-0.3, -0.25) is 0 Å². The smallest absolute Gasteiger partial charge is 0.143 e. The molecule has 0 saturated carbocycles. The predicted octanol–water partition coefficient (Wildman–Crippen LogP) is 4.03. The number of hydrogen-bond acceptors (Lipinski definition) is 4. The summed E-state index contributed by atoms with van der Waals surface area (Å²) in [5, 5.41) is 3.21. The van der Waals surface area contributed by atoms with E-state index in [0.29, 0.717) is 0 Å². The summed E-state index contributed by atoms with van der Waals surface area (Å²) < 4.78 is -0.172. The van der Waals surface area contributed by atoms with E-state index in [2.05, 4.69) is 44.5 Å². The van der Waals surface area contributed by atoms with E-state index in [1.54, 1.807) is 18.1 Å². The number of aromatic nitrogens is 3. The topological polar surface area (TPSA) is 44.8 Å². The summed E-state index contributed by atoms with van der Waals surface area (Å²) >= 11 is 8.35. The van der Waals surface area contributed by atoms with Crippen molar-refractivity contribution < 1.29 is 0 Å². The molecule has 1 fully saturated rings. The fraction of sp³-hybridized carbons (Fsp3) is 0.500. The summed E-state index contributed by atoms with van der Waals surface area (Å²) in [6.45, 7) is 4.34. The predicted molar refractivity (Wildman–Crippen MR) is 93.7 cm³/mol. The molecule has 22 heavy (non-hydrogen) atoms. The molecule has 2 atom stereocenters. The zero-order chi connectivity index (χ0) is 15.2. The maximum Gasteiger partial charge on any atom is 0.143 e. The number of nitrogens with zero attached hydrogens (tertiary/aromatic N) is 3. The first-order valence-corrected chi connectivity index (χ1v) is 9.08. The first kappa shape index (κ1) is 14.4. The second-order valence-corrected chi connectivity index (χ2v) is 7.95. The molecule has 0 aliphatic carbocycles. The number of piperidine rings is 1. The summed E-state index contributed by atoms with van der Waals surface area (Å²) in [6.07, 6.45) is 9.56. The highest BCUT2D eigenvalue weighted by atomic mass is 35.5. The van der Waals surface area contributed by atoms with Gasteiger partial charge in [-0.2, -0.15) is 0 Å². The van der Waals surface area contributed by atoms with Gasteiger partial charge in [-0.25, -0.2) is 9.97 Å². The van der Waals surface area contributed by atoms with Gasteiger partial charge in [-0.05, 0) is 31.6 Å². The summed E-state index contributed by atoms with van der Waals surface area (Å²) in [5.74, 6) is 1.05. The minimum absolute atomic E-state index is 0.0223. The van der Waals surface area contributed by atoms with Crippen LogP contribution in [0.1, 0.15) is 31.7 Å². The van der Waals surface area contributed by atoms with Gasteiger partial charge in [-0.1, -0.05) is 6.08 Å². The molecule has 0 amide bonds. The Labute approximate surface area is 139 Å². The Balaban J connectivity index is 1.86. The molecule has 0 bridgehead atoms. The zero-order valence-electron chi connectivity index (χ0n) is 12.6. The molecular formula is C16H19ClN4S. The SMILES string of the molecule is CC1(c2c[nH]c3ncnc(N4CCCCC4)c23)SC=CC1Cl. The van der Waals surface area contributed by atoms with Crippen molar-refractivity contribution in [2.75, 3.05) is 18.0 Å². The number of halogens is 1. The first-order chi connectivity index (χ1) is 10.7. The third-order valence-corrected chi connectivity index (χ3v) is 6.69. The Morgan fingerprint density at radius 3 is 2.86 bits per heavy atom. The number of H-pyrrole nitrogens is 1. The number of alkyl halides is 1. The zero-order valence-corrected chi connectivity index (χ0v) is 14.1. The van der Waals surface area contributed by atoms with Gasteiger partial charge in [0, 0.05) is 24.8 Å². The molecule has 6 heteroatoms. The third-order valence-electron chi connectivity index (χ3n) is 4.73. The Hall–Kier alpha value is -1.20. The van der Waals surface area contributed by atoms with Crippen LogP contribution >= 0.6 is 23.4 Å². The first-order valence-electron chi connectivity index (χ1n) is 7.76. The molecule has 2 aliphatic heterocycles. The molecule has 0 aromatic carbocycles. The van der Waals surface area contributed by atoms with Gasteiger partial charge in [0.25, 0.3) is 0 Å². The maximum atomic E-state index is 6.57. The molecule has 0 radical (unpaired) electrons. The Kier molecular flexibility index (Phi) is 3.57. The number of nitrogens with one attached hydrogen (secondary N) is 1. The molecule has 4 heterocycles. The van der Waals surface area contributed by atoms with Crippen LogP contribution in [0.2, 0.25) is 0 Å². The lowest BCUT2D eigenvalue weighted by atomic mass is 9.96. The summed E-state index contributed by atoms with van der Waals surface area (Å²) in [6, 6.07) is 0. The minimum atomic E-state index is -0.172. The van der Waals surface area contributed by atoms with Gasteiger partial charge >= 0.3 is 0 Å². The highest BCUT2D eigenvalue weighted by Crippen LogP contribution is 2.50. The fourth-order valence-corrected chi connectivity index (χ4v) is 4.84. The van der Waals surface area contributed by atoms with Crippen molar-refractivity contribution in [3.63, 3.8) is 0 Å². The number of anilines is 1.